The number of nitrogens with one attached hydrogen (secondary N) is 1. The van der Waals surface area contributed by atoms with Crippen LogP contribution in [0.15, 0.2) is 0 Å². The van der Waals surface area contributed by atoms with Gasteiger partial charge in [0.25, 0.3) is 0 Å². The Morgan fingerprint density at radius 2 is 1.62 bits per heavy atom. The van der Waals surface area contributed by atoms with Crippen LogP contribution in [0.2, 0.25) is 0 Å². The minimum atomic E-state index is -0.603. The summed E-state index contributed by atoms with van der Waals surface area (Å²) in [6.07, 6.45) is -0.0990. The number of carbonyl (C=O) groups is 2. The number of primary amides is 1. The van der Waals surface area contributed by atoms with Gasteiger partial charge in [-0.15, -0.1) is 0 Å². The average molecular weight is 194 g/mol. The lowest BCUT2D eigenvalue weighted by molar-refractivity contribution is -0.131. The second-order valence-electron chi connectivity index (χ2n) is 1.95. The van der Waals surface area contributed by atoms with Gasteiger partial charge in [-0.25, -0.2) is 5.48 Å². The molecule has 0 unspecified atom stereocenters. The lowest BCUT2D eigenvalue weighted by Crippen LogP contribution is -2.21. The molecular weight excluding hydrogens is 180 g/mol. The summed E-state index contributed by atoms with van der Waals surface area (Å²) in [6.45, 7) is -0.250. The van der Waals surface area contributed by atoms with E-state index in [-0.39, 0.29) is 26.1 Å². The largest absolute Gasteiger partial charge is 0.394 e. The molecule has 0 atom stereocenters. The number of carbonyl (C=O) groups excluding carboxylic acids is 2. The van der Waals surface area contributed by atoms with Gasteiger partial charge >= 0.3 is 0 Å². The summed E-state index contributed by atoms with van der Waals surface area (Å²) in [6, 6.07) is 0. The highest BCUT2D eigenvalue weighted by molar-refractivity contribution is 5.82. The standard InChI is InChI=1S/C4H8N2O3.C2H6O2/c5-3(7)1-2-4(8)6-9;3-1-2-4/h9H,1-2H2,(H2,5,7)(H,6,8);3-4H,1-2H2. The minimum absolute atomic E-state index is 0.0353. The van der Waals surface area contributed by atoms with Crippen molar-refractivity contribution in [1.82, 2.24) is 5.48 Å². The van der Waals surface area contributed by atoms with Gasteiger partial charge in [0.2, 0.25) is 11.8 Å². The maximum Gasteiger partial charge on any atom is 0.243 e. The van der Waals surface area contributed by atoms with Gasteiger partial charge in [0.15, 0.2) is 0 Å². The van der Waals surface area contributed by atoms with Crippen LogP contribution in [0, 0.1) is 0 Å². The third-order valence-corrected chi connectivity index (χ3v) is 0.823. The molecule has 7 heteroatoms. The SMILES string of the molecule is NC(=O)CCC(=O)NO.OCCO. The molecule has 0 aromatic carbocycles. The zero-order valence-corrected chi connectivity index (χ0v) is 7.06. The zero-order chi connectivity index (χ0) is 10.7. The molecule has 0 aromatic heterocycles. The van der Waals surface area contributed by atoms with E-state index in [1.807, 2.05) is 0 Å². The predicted molar refractivity (Wildman–Crippen MR) is 42.5 cm³/mol. The number of hydroxylamine groups is 1. The van der Waals surface area contributed by atoms with E-state index >= 15 is 0 Å². The van der Waals surface area contributed by atoms with E-state index < -0.39 is 11.8 Å². The van der Waals surface area contributed by atoms with Gasteiger partial charge in [0.1, 0.15) is 0 Å². The van der Waals surface area contributed by atoms with Gasteiger partial charge in [-0.3, -0.25) is 14.8 Å². The van der Waals surface area contributed by atoms with Crippen LogP contribution in [0.1, 0.15) is 12.8 Å². The molecule has 0 spiro atoms. The van der Waals surface area contributed by atoms with Crippen LogP contribution in [0.5, 0.6) is 0 Å². The van der Waals surface area contributed by atoms with Gasteiger partial charge in [-0.05, 0) is 0 Å². The van der Waals surface area contributed by atoms with Crippen LogP contribution in [0.3, 0.4) is 0 Å². The van der Waals surface area contributed by atoms with Crippen molar-refractivity contribution >= 4 is 11.8 Å². The number of rotatable bonds is 4. The molecule has 0 aromatic rings. The van der Waals surface area contributed by atoms with Crippen molar-refractivity contribution in [2.45, 2.75) is 12.8 Å². The second kappa shape index (κ2) is 10.8. The number of hydrogen-bond donors (Lipinski definition) is 5. The van der Waals surface area contributed by atoms with Crippen molar-refractivity contribution in [2.75, 3.05) is 13.2 Å². The molecule has 13 heavy (non-hydrogen) atoms. The van der Waals surface area contributed by atoms with E-state index in [0.29, 0.717) is 0 Å². The number of hydrogen-bond acceptors (Lipinski definition) is 5. The average Bonchev–Trinajstić information content (AvgIpc) is 2.14. The molecule has 78 valence electrons. The molecule has 0 heterocycles. The summed E-state index contributed by atoms with van der Waals surface area (Å²) in [4.78, 5) is 20.1. The van der Waals surface area contributed by atoms with Crippen molar-refractivity contribution in [3.8, 4) is 0 Å². The van der Waals surface area contributed by atoms with Crippen LogP contribution in [-0.4, -0.2) is 40.4 Å². The van der Waals surface area contributed by atoms with Gasteiger partial charge in [-0.1, -0.05) is 0 Å². The zero-order valence-electron chi connectivity index (χ0n) is 7.06. The van der Waals surface area contributed by atoms with Crippen molar-refractivity contribution < 1.29 is 25.0 Å². The molecule has 0 saturated heterocycles. The molecule has 0 fully saturated rings. The maximum absolute atomic E-state index is 10.1. The van der Waals surface area contributed by atoms with E-state index in [1.165, 1.54) is 5.48 Å². The summed E-state index contributed by atoms with van der Waals surface area (Å²) < 4.78 is 0. The number of aliphatic hydroxyl groups is 2. The molecule has 0 bridgehead atoms. The first kappa shape index (κ1) is 14.3. The van der Waals surface area contributed by atoms with Gasteiger partial charge < -0.3 is 15.9 Å². The van der Waals surface area contributed by atoms with Gasteiger partial charge in [0, 0.05) is 12.8 Å². The summed E-state index contributed by atoms with van der Waals surface area (Å²) in [5, 5.41) is 23.1. The topological polar surface area (TPSA) is 133 Å². The fraction of sp³-hybridized carbons (Fsp3) is 0.667. The molecular formula is C6H14N2O5. The first-order chi connectivity index (χ1) is 6.08. The molecule has 0 aliphatic rings. The molecule has 2 amide bonds. The predicted octanol–water partition coefficient (Wildman–Crippen LogP) is -2.27. The quantitative estimate of drug-likeness (QED) is 0.254. The molecule has 7 nitrogen and oxygen atoms in total. The molecule has 6 N–H and O–H groups in total. The molecule has 0 radical (unpaired) electrons. The second-order valence-corrected chi connectivity index (χ2v) is 1.95. The Balaban J connectivity index is 0. The third-order valence-electron chi connectivity index (χ3n) is 0.823. The lowest BCUT2D eigenvalue weighted by Gasteiger charge is -1.92. The number of nitrogens with two attached hydrogens (primary N) is 1. The van der Waals surface area contributed by atoms with E-state index in [2.05, 4.69) is 0 Å². The Bertz CT molecular complexity index is 148. The van der Waals surface area contributed by atoms with Crippen LogP contribution < -0.4 is 11.2 Å². The van der Waals surface area contributed by atoms with Crippen LogP contribution in [0.4, 0.5) is 0 Å². The maximum atomic E-state index is 10.1. The van der Waals surface area contributed by atoms with E-state index in [0.717, 1.165) is 0 Å². The first-order valence-corrected chi connectivity index (χ1v) is 3.51. The Hall–Kier alpha value is -1.18. The highest BCUT2D eigenvalue weighted by Gasteiger charge is 2.00. The van der Waals surface area contributed by atoms with Crippen molar-refractivity contribution in [1.29, 1.82) is 0 Å². The summed E-state index contributed by atoms with van der Waals surface area (Å²) >= 11 is 0. The van der Waals surface area contributed by atoms with E-state index in [9.17, 15) is 9.59 Å². The fourth-order valence-corrected chi connectivity index (χ4v) is 0.293. The van der Waals surface area contributed by atoms with Crippen LogP contribution in [-0.2, 0) is 9.59 Å². The van der Waals surface area contributed by atoms with Crippen molar-refractivity contribution in [3.63, 3.8) is 0 Å². The summed E-state index contributed by atoms with van der Waals surface area (Å²) in [5.41, 5.74) is 6.07. The normalized spacial score (nSPS) is 8.23. The smallest absolute Gasteiger partial charge is 0.243 e. The first-order valence-electron chi connectivity index (χ1n) is 3.51. The number of aliphatic hydroxyl groups excluding tert-OH is 2. The van der Waals surface area contributed by atoms with E-state index in [1.54, 1.807) is 0 Å². The third kappa shape index (κ3) is 18.1. The molecule has 0 rings (SSSR count). The highest BCUT2D eigenvalue weighted by Crippen LogP contribution is 1.84. The highest BCUT2D eigenvalue weighted by atomic mass is 16.5. The lowest BCUT2D eigenvalue weighted by atomic mass is 10.3. The van der Waals surface area contributed by atoms with Crippen molar-refractivity contribution in [3.05, 3.63) is 0 Å². The van der Waals surface area contributed by atoms with E-state index in [4.69, 9.17) is 21.2 Å². The van der Waals surface area contributed by atoms with Gasteiger partial charge in [0.05, 0.1) is 13.2 Å². The summed E-state index contributed by atoms with van der Waals surface area (Å²) in [7, 11) is 0. The van der Waals surface area contributed by atoms with Gasteiger partial charge in [-0.2, -0.15) is 0 Å². The molecule has 0 aliphatic carbocycles. The minimum Gasteiger partial charge on any atom is -0.394 e. The van der Waals surface area contributed by atoms with Crippen molar-refractivity contribution in [2.24, 2.45) is 5.73 Å². The Kier molecular flexibility index (Phi) is 11.9. The fourth-order valence-electron chi connectivity index (χ4n) is 0.293. The molecule has 0 saturated carbocycles. The van der Waals surface area contributed by atoms with Crippen LogP contribution in [0.25, 0.3) is 0 Å². The Morgan fingerprint density at radius 3 is 1.85 bits per heavy atom. The Labute approximate surface area is 75.1 Å². The number of amides is 2. The summed E-state index contributed by atoms with van der Waals surface area (Å²) in [5.74, 6) is -1.16. The Morgan fingerprint density at radius 1 is 1.15 bits per heavy atom. The van der Waals surface area contributed by atoms with Crippen LogP contribution >= 0.6 is 0 Å². The molecule has 0 aliphatic heterocycles. The monoisotopic (exact) mass is 194 g/mol.